The van der Waals surface area contributed by atoms with Gasteiger partial charge in [-0.2, -0.15) is 0 Å². The number of allylic oxidation sites excluding steroid dienone is 2. The molecule has 3 aliphatic rings. The molecule has 0 saturated heterocycles. The third kappa shape index (κ3) is 2.90. The number of ketones is 1. The summed E-state index contributed by atoms with van der Waals surface area (Å²) in [6.07, 6.45) is 7.16. The summed E-state index contributed by atoms with van der Waals surface area (Å²) in [6, 6.07) is 0. The van der Waals surface area contributed by atoms with Crippen molar-refractivity contribution in [2.45, 2.75) is 79.2 Å². The maximum atomic E-state index is 13.2. The molecule has 0 aromatic carbocycles. The van der Waals surface area contributed by atoms with Crippen molar-refractivity contribution in [3.05, 3.63) is 23.8 Å². The first-order chi connectivity index (χ1) is 11.5. The van der Waals surface area contributed by atoms with E-state index in [2.05, 4.69) is 34.3 Å². The molecular weight excluding hydrogens is 312 g/mol. The number of ether oxygens (including phenoxy) is 1. The van der Waals surface area contributed by atoms with Crippen molar-refractivity contribution in [2.75, 3.05) is 0 Å². The molecule has 1 unspecified atom stereocenters. The second kappa shape index (κ2) is 5.82. The number of fused-ring (bicyclic) bond motifs is 2. The van der Waals surface area contributed by atoms with E-state index in [9.17, 15) is 9.59 Å². The maximum Gasteiger partial charge on any atom is 0.302 e. The van der Waals surface area contributed by atoms with Crippen LogP contribution in [0.3, 0.4) is 0 Å². The molecule has 0 radical (unpaired) electrons. The topological polar surface area (TPSA) is 43.4 Å². The second-order valence-corrected chi connectivity index (χ2v) is 9.70. The Morgan fingerprint density at radius 3 is 2.48 bits per heavy atom. The first kappa shape index (κ1) is 18.4. The molecule has 3 heteroatoms. The summed E-state index contributed by atoms with van der Waals surface area (Å²) in [4.78, 5) is 25.0. The summed E-state index contributed by atoms with van der Waals surface area (Å²) in [5.74, 6) is 0.273. The van der Waals surface area contributed by atoms with Crippen LogP contribution in [0.1, 0.15) is 73.1 Å². The molecule has 138 valence electrons. The van der Waals surface area contributed by atoms with Crippen LogP contribution in [0.4, 0.5) is 0 Å². The average molecular weight is 344 g/mol. The van der Waals surface area contributed by atoms with Gasteiger partial charge in [-0.25, -0.2) is 0 Å². The van der Waals surface area contributed by atoms with Crippen molar-refractivity contribution in [2.24, 2.45) is 22.2 Å². The molecule has 3 nitrogen and oxygen atoms in total. The normalized spacial score (nSPS) is 40.1. The lowest BCUT2D eigenvalue weighted by molar-refractivity contribution is -0.161. The van der Waals surface area contributed by atoms with Gasteiger partial charge in [-0.1, -0.05) is 45.8 Å². The van der Waals surface area contributed by atoms with Crippen molar-refractivity contribution >= 4 is 11.8 Å². The van der Waals surface area contributed by atoms with E-state index in [4.69, 9.17) is 4.74 Å². The fraction of sp³-hybridized carbons (Fsp3) is 0.727. The largest absolute Gasteiger partial charge is 0.462 e. The molecule has 0 bridgehead atoms. The Kier molecular flexibility index (Phi) is 4.29. The van der Waals surface area contributed by atoms with Gasteiger partial charge >= 0.3 is 5.97 Å². The fourth-order valence-electron chi connectivity index (χ4n) is 6.29. The quantitative estimate of drug-likeness (QED) is 0.522. The highest BCUT2D eigenvalue weighted by molar-refractivity contribution is 5.99. The molecule has 3 aliphatic carbocycles. The van der Waals surface area contributed by atoms with Crippen LogP contribution in [-0.2, 0) is 14.3 Å². The highest BCUT2D eigenvalue weighted by atomic mass is 16.5. The molecule has 25 heavy (non-hydrogen) atoms. The van der Waals surface area contributed by atoms with Crippen LogP contribution in [0.25, 0.3) is 0 Å². The Morgan fingerprint density at radius 2 is 1.88 bits per heavy atom. The molecule has 0 spiro atoms. The van der Waals surface area contributed by atoms with Gasteiger partial charge in [-0.15, -0.1) is 6.58 Å². The van der Waals surface area contributed by atoms with Gasteiger partial charge in [0.15, 0.2) is 5.78 Å². The smallest absolute Gasteiger partial charge is 0.302 e. The lowest BCUT2D eigenvalue weighted by Gasteiger charge is -2.58. The van der Waals surface area contributed by atoms with Gasteiger partial charge in [0.25, 0.3) is 0 Å². The molecule has 4 atom stereocenters. The number of rotatable bonds is 2. The monoisotopic (exact) mass is 344 g/mol. The zero-order valence-electron chi connectivity index (χ0n) is 16.4. The SMILES string of the molecule is C=C[C@]1(C)CC(=O)C2=C(CC(OC(C)=O)[C@H]3C(C)(C)CCC[C@]23C)C1. The number of hydrogen-bond donors (Lipinski definition) is 0. The van der Waals surface area contributed by atoms with Crippen LogP contribution in [0.2, 0.25) is 0 Å². The number of carbonyl (C=O) groups is 2. The van der Waals surface area contributed by atoms with Crippen LogP contribution in [-0.4, -0.2) is 17.9 Å². The number of Topliss-reactive ketones (excluding diaryl/α,β-unsaturated/α-hetero) is 1. The molecule has 0 heterocycles. The van der Waals surface area contributed by atoms with Gasteiger partial charge in [-0.05, 0) is 30.1 Å². The summed E-state index contributed by atoms with van der Waals surface area (Å²) in [5.41, 5.74) is 1.97. The van der Waals surface area contributed by atoms with E-state index in [1.54, 1.807) is 0 Å². The Balaban J connectivity index is 2.13. The van der Waals surface area contributed by atoms with Crippen LogP contribution in [0, 0.1) is 22.2 Å². The summed E-state index contributed by atoms with van der Waals surface area (Å²) < 4.78 is 5.84. The minimum atomic E-state index is -0.216. The molecule has 0 N–H and O–H groups in total. The van der Waals surface area contributed by atoms with Gasteiger partial charge in [0.1, 0.15) is 6.10 Å². The summed E-state index contributed by atoms with van der Waals surface area (Å²) in [7, 11) is 0. The minimum Gasteiger partial charge on any atom is -0.462 e. The first-order valence-corrected chi connectivity index (χ1v) is 9.59. The Hall–Kier alpha value is -1.38. The van der Waals surface area contributed by atoms with Crippen LogP contribution >= 0.6 is 0 Å². The van der Waals surface area contributed by atoms with E-state index < -0.39 is 0 Å². The zero-order valence-corrected chi connectivity index (χ0v) is 16.4. The molecule has 3 rings (SSSR count). The second-order valence-electron chi connectivity index (χ2n) is 9.70. The van der Waals surface area contributed by atoms with Crippen molar-refractivity contribution in [1.82, 2.24) is 0 Å². The molecule has 0 aromatic heterocycles. The molecule has 1 fully saturated rings. The standard InChI is InChI=1S/C22H32O3/c1-7-21(5)12-15-11-17(25-14(2)23)19-20(3,4)9-8-10-22(19,6)18(15)16(24)13-21/h7,17,19H,1,8-13H2,2-6H3/t17?,19-,21-,22+/m0/s1. The third-order valence-corrected chi connectivity index (χ3v) is 7.06. The summed E-state index contributed by atoms with van der Waals surface area (Å²) in [5, 5.41) is 0. The van der Waals surface area contributed by atoms with Crippen molar-refractivity contribution < 1.29 is 14.3 Å². The lowest BCUT2D eigenvalue weighted by Crippen LogP contribution is -2.55. The Morgan fingerprint density at radius 1 is 1.20 bits per heavy atom. The molecule has 0 amide bonds. The minimum absolute atomic E-state index is 0.0606. The highest BCUT2D eigenvalue weighted by Gasteiger charge is 2.58. The maximum absolute atomic E-state index is 13.2. The molecule has 0 aliphatic heterocycles. The van der Waals surface area contributed by atoms with E-state index in [1.165, 1.54) is 12.5 Å². The lowest BCUT2D eigenvalue weighted by atomic mass is 9.47. The summed E-state index contributed by atoms with van der Waals surface area (Å²) in [6.45, 7) is 14.4. The molecule has 1 saturated carbocycles. The number of esters is 1. The van der Waals surface area contributed by atoms with E-state index in [0.29, 0.717) is 12.8 Å². The summed E-state index contributed by atoms with van der Waals surface area (Å²) >= 11 is 0. The van der Waals surface area contributed by atoms with Crippen molar-refractivity contribution in [3.63, 3.8) is 0 Å². The van der Waals surface area contributed by atoms with E-state index in [1.807, 2.05) is 6.08 Å². The van der Waals surface area contributed by atoms with E-state index >= 15 is 0 Å². The first-order valence-electron chi connectivity index (χ1n) is 9.59. The third-order valence-electron chi connectivity index (χ3n) is 7.06. The van der Waals surface area contributed by atoms with Gasteiger partial charge < -0.3 is 4.74 Å². The zero-order chi connectivity index (χ0) is 18.6. The Bertz CT molecular complexity index is 656. The number of hydrogen-bond acceptors (Lipinski definition) is 3. The van der Waals surface area contributed by atoms with Gasteiger partial charge in [0.05, 0.1) is 0 Å². The number of carbonyl (C=O) groups excluding carboxylic acids is 2. The van der Waals surface area contributed by atoms with Gasteiger partial charge in [-0.3, -0.25) is 9.59 Å². The van der Waals surface area contributed by atoms with Crippen LogP contribution in [0.5, 0.6) is 0 Å². The molecule has 0 aromatic rings. The van der Waals surface area contributed by atoms with Gasteiger partial charge in [0.2, 0.25) is 0 Å². The van der Waals surface area contributed by atoms with Crippen molar-refractivity contribution in [3.8, 4) is 0 Å². The van der Waals surface area contributed by atoms with E-state index in [0.717, 1.165) is 31.3 Å². The fourth-order valence-corrected chi connectivity index (χ4v) is 6.29. The van der Waals surface area contributed by atoms with Crippen LogP contribution < -0.4 is 0 Å². The average Bonchev–Trinajstić information content (AvgIpc) is 2.43. The van der Waals surface area contributed by atoms with E-state index in [-0.39, 0.29) is 40.0 Å². The van der Waals surface area contributed by atoms with Crippen LogP contribution in [0.15, 0.2) is 23.8 Å². The highest BCUT2D eigenvalue weighted by Crippen LogP contribution is 2.62. The molecular formula is C22H32O3. The predicted molar refractivity (Wildman–Crippen MR) is 99.0 cm³/mol. The Labute approximate surface area is 151 Å². The van der Waals surface area contributed by atoms with Crippen molar-refractivity contribution in [1.29, 1.82) is 0 Å². The van der Waals surface area contributed by atoms with Gasteiger partial charge in [0, 0.05) is 36.7 Å². The predicted octanol–water partition coefficient (Wildman–Crippen LogP) is 5.01.